The summed E-state index contributed by atoms with van der Waals surface area (Å²) in [7, 11) is 0. The Bertz CT molecular complexity index is 513. The molecule has 0 unspecified atom stereocenters. The molecule has 0 spiro atoms. The second kappa shape index (κ2) is 4.14. The van der Waals surface area contributed by atoms with E-state index in [4.69, 9.17) is 5.73 Å². The van der Waals surface area contributed by atoms with Gasteiger partial charge in [0.2, 0.25) is 0 Å². The zero-order valence-corrected chi connectivity index (χ0v) is 8.74. The molecule has 82 valence electrons. The van der Waals surface area contributed by atoms with Crippen molar-refractivity contribution in [2.45, 2.75) is 6.92 Å². The van der Waals surface area contributed by atoms with Crippen molar-refractivity contribution < 1.29 is 4.39 Å². The average molecular weight is 218 g/mol. The van der Waals surface area contributed by atoms with E-state index in [0.717, 1.165) is 5.56 Å². The van der Waals surface area contributed by atoms with Crippen molar-refractivity contribution >= 4 is 17.3 Å². The zero-order valence-electron chi connectivity index (χ0n) is 8.74. The molecule has 1 heterocycles. The molecule has 0 aliphatic rings. The normalized spacial score (nSPS) is 10.1. The number of hydrogen-bond donors (Lipinski definition) is 2. The number of nitrogens with zero attached hydrogens (tertiary/aromatic N) is 2. The quantitative estimate of drug-likeness (QED) is 0.811. The summed E-state index contributed by atoms with van der Waals surface area (Å²) in [6.07, 6.45) is 2.91. The van der Waals surface area contributed by atoms with Crippen LogP contribution in [0.15, 0.2) is 30.6 Å². The van der Waals surface area contributed by atoms with Crippen LogP contribution in [0.2, 0.25) is 0 Å². The second-order valence-electron chi connectivity index (χ2n) is 3.44. The van der Waals surface area contributed by atoms with E-state index in [1.807, 2.05) is 13.0 Å². The van der Waals surface area contributed by atoms with Crippen LogP contribution in [-0.4, -0.2) is 9.97 Å². The lowest BCUT2D eigenvalue weighted by Crippen LogP contribution is -1.99. The molecule has 0 bridgehead atoms. The van der Waals surface area contributed by atoms with E-state index >= 15 is 0 Å². The topological polar surface area (TPSA) is 63.8 Å². The van der Waals surface area contributed by atoms with E-state index in [1.54, 1.807) is 6.07 Å². The van der Waals surface area contributed by atoms with E-state index in [2.05, 4.69) is 15.3 Å². The highest BCUT2D eigenvalue weighted by Crippen LogP contribution is 2.19. The molecule has 0 radical (unpaired) electrons. The predicted molar refractivity (Wildman–Crippen MR) is 60.9 cm³/mol. The molecule has 1 aromatic heterocycles. The van der Waals surface area contributed by atoms with Crippen molar-refractivity contribution in [2.24, 2.45) is 0 Å². The van der Waals surface area contributed by atoms with Gasteiger partial charge in [0.1, 0.15) is 11.6 Å². The fourth-order valence-electron chi connectivity index (χ4n) is 1.30. The molecule has 2 aromatic rings. The largest absolute Gasteiger partial charge is 0.382 e. The van der Waals surface area contributed by atoms with Crippen LogP contribution in [0, 0.1) is 12.7 Å². The van der Waals surface area contributed by atoms with Crippen LogP contribution in [0.4, 0.5) is 21.7 Å². The number of rotatable bonds is 2. The number of nitrogen functional groups attached to an aromatic ring is 1. The van der Waals surface area contributed by atoms with Gasteiger partial charge < -0.3 is 11.1 Å². The summed E-state index contributed by atoms with van der Waals surface area (Å²) in [5.74, 6) is 0.379. The number of hydrogen-bond acceptors (Lipinski definition) is 4. The molecule has 2 rings (SSSR count). The summed E-state index contributed by atoms with van der Waals surface area (Å²) >= 11 is 0. The van der Waals surface area contributed by atoms with Gasteiger partial charge in [-0.05, 0) is 24.6 Å². The summed E-state index contributed by atoms with van der Waals surface area (Å²) < 4.78 is 13.5. The van der Waals surface area contributed by atoms with Crippen LogP contribution >= 0.6 is 0 Å². The number of nitrogens with two attached hydrogens (primary N) is 1. The molecule has 0 atom stereocenters. The summed E-state index contributed by atoms with van der Waals surface area (Å²) in [5, 5.41) is 2.81. The Hall–Kier alpha value is -2.17. The molecule has 0 amide bonds. The van der Waals surface area contributed by atoms with Gasteiger partial charge in [-0.15, -0.1) is 0 Å². The average Bonchev–Trinajstić information content (AvgIpc) is 2.22. The third-order valence-electron chi connectivity index (χ3n) is 2.04. The van der Waals surface area contributed by atoms with Gasteiger partial charge in [0.25, 0.3) is 0 Å². The molecule has 3 N–H and O–H groups in total. The molecule has 4 nitrogen and oxygen atoms in total. The van der Waals surface area contributed by atoms with Gasteiger partial charge in [0.05, 0.1) is 18.1 Å². The van der Waals surface area contributed by atoms with Crippen LogP contribution in [0.3, 0.4) is 0 Å². The van der Waals surface area contributed by atoms with Crippen molar-refractivity contribution in [1.82, 2.24) is 9.97 Å². The highest BCUT2D eigenvalue weighted by atomic mass is 19.1. The molecule has 16 heavy (non-hydrogen) atoms. The van der Waals surface area contributed by atoms with Crippen molar-refractivity contribution in [3.63, 3.8) is 0 Å². The zero-order chi connectivity index (χ0) is 11.5. The van der Waals surface area contributed by atoms with Gasteiger partial charge in [-0.3, -0.25) is 4.98 Å². The molecule has 0 aliphatic heterocycles. The van der Waals surface area contributed by atoms with E-state index in [9.17, 15) is 4.39 Å². The van der Waals surface area contributed by atoms with E-state index in [1.165, 1.54) is 18.5 Å². The summed E-state index contributed by atoms with van der Waals surface area (Å²) in [5.41, 5.74) is 6.68. The number of halogens is 1. The standard InChI is InChI=1S/C11H11FN4/c1-7-2-3-9(8(12)4-7)15-11-6-14-5-10(13)16-11/h2-6H,1H3,(H3,13,15,16). The summed E-state index contributed by atoms with van der Waals surface area (Å²) in [6, 6.07) is 4.91. The highest BCUT2D eigenvalue weighted by molar-refractivity contribution is 5.57. The summed E-state index contributed by atoms with van der Waals surface area (Å²) in [6.45, 7) is 1.83. The van der Waals surface area contributed by atoms with Gasteiger partial charge in [-0.25, -0.2) is 9.37 Å². The van der Waals surface area contributed by atoms with Gasteiger partial charge in [0, 0.05) is 0 Å². The van der Waals surface area contributed by atoms with E-state index in [-0.39, 0.29) is 11.6 Å². The highest BCUT2D eigenvalue weighted by Gasteiger charge is 2.03. The predicted octanol–water partition coefficient (Wildman–Crippen LogP) is 2.25. The number of anilines is 3. The maximum Gasteiger partial charge on any atom is 0.151 e. The first-order valence-corrected chi connectivity index (χ1v) is 4.76. The van der Waals surface area contributed by atoms with Gasteiger partial charge in [-0.1, -0.05) is 6.07 Å². The van der Waals surface area contributed by atoms with Crippen LogP contribution in [-0.2, 0) is 0 Å². The first-order valence-electron chi connectivity index (χ1n) is 4.76. The monoisotopic (exact) mass is 218 g/mol. The van der Waals surface area contributed by atoms with Crippen LogP contribution in [0.1, 0.15) is 5.56 Å². The van der Waals surface area contributed by atoms with Crippen molar-refractivity contribution in [3.05, 3.63) is 42.0 Å². The Morgan fingerprint density at radius 2 is 2.12 bits per heavy atom. The maximum absolute atomic E-state index is 13.5. The fourth-order valence-corrected chi connectivity index (χ4v) is 1.30. The Morgan fingerprint density at radius 1 is 1.31 bits per heavy atom. The number of benzene rings is 1. The lowest BCUT2D eigenvalue weighted by atomic mass is 10.2. The number of aromatic nitrogens is 2. The smallest absolute Gasteiger partial charge is 0.151 e. The third-order valence-corrected chi connectivity index (χ3v) is 2.04. The molecule has 0 saturated carbocycles. The number of aryl methyl sites for hydroxylation is 1. The van der Waals surface area contributed by atoms with E-state index in [0.29, 0.717) is 11.5 Å². The minimum absolute atomic E-state index is 0.289. The molecule has 0 saturated heterocycles. The fraction of sp³-hybridized carbons (Fsp3) is 0.0909. The van der Waals surface area contributed by atoms with Crippen LogP contribution in [0.5, 0.6) is 0 Å². The van der Waals surface area contributed by atoms with Crippen LogP contribution in [0.25, 0.3) is 0 Å². The molecule has 0 aliphatic carbocycles. The van der Waals surface area contributed by atoms with Crippen molar-refractivity contribution in [2.75, 3.05) is 11.1 Å². The maximum atomic E-state index is 13.5. The lowest BCUT2D eigenvalue weighted by Gasteiger charge is -2.07. The lowest BCUT2D eigenvalue weighted by molar-refractivity contribution is 0.630. The van der Waals surface area contributed by atoms with Crippen molar-refractivity contribution in [1.29, 1.82) is 0 Å². The first kappa shape index (κ1) is 10.4. The minimum atomic E-state index is -0.329. The van der Waals surface area contributed by atoms with Gasteiger partial charge in [-0.2, -0.15) is 0 Å². The molecule has 0 fully saturated rings. The SMILES string of the molecule is Cc1ccc(Nc2cncc(N)n2)c(F)c1. The third kappa shape index (κ3) is 2.25. The summed E-state index contributed by atoms with van der Waals surface area (Å²) in [4.78, 5) is 7.82. The minimum Gasteiger partial charge on any atom is -0.382 e. The molecular weight excluding hydrogens is 207 g/mol. The Labute approximate surface area is 92.3 Å². The molecule has 1 aromatic carbocycles. The van der Waals surface area contributed by atoms with Crippen LogP contribution < -0.4 is 11.1 Å². The van der Waals surface area contributed by atoms with Gasteiger partial charge in [0.15, 0.2) is 5.82 Å². The second-order valence-corrected chi connectivity index (χ2v) is 3.44. The van der Waals surface area contributed by atoms with Crippen molar-refractivity contribution in [3.8, 4) is 0 Å². The van der Waals surface area contributed by atoms with Gasteiger partial charge >= 0.3 is 0 Å². The Kier molecular flexibility index (Phi) is 2.68. The van der Waals surface area contributed by atoms with E-state index < -0.39 is 0 Å². The Morgan fingerprint density at radius 3 is 2.81 bits per heavy atom. The first-order chi connectivity index (χ1) is 7.65. The Balaban J connectivity index is 2.27. The number of nitrogens with one attached hydrogen (secondary N) is 1. The molecular formula is C11H11FN4. The molecule has 5 heteroatoms.